The molecule has 1 atom stereocenters. The van der Waals surface area contributed by atoms with Crippen LogP contribution in [0.4, 0.5) is 0 Å². The summed E-state index contributed by atoms with van der Waals surface area (Å²) in [5.41, 5.74) is 0.945. The number of hydrogen-bond donors (Lipinski definition) is 0. The van der Waals surface area contributed by atoms with Crippen LogP contribution in [0.25, 0.3) is 11.0 Å². The van der Waals surface area contributed by atoms with Crippen molar-refractivity contribution < 1.29 is 28.2 Å². The Balaban J connectivity index is 2.07. The highest BCUT2D eigenvalue weighted by molar-refractivity contribution is 6.12. The van der Waals surface area contributed by atoms with E-state index in [4.69, 9.17) is 18.6 Å². The summed E-state index contributed by atoms with van der Waals surface area (Å²) in [5, 5.41) is 0.594. The van der Waals surface area contributed by atoms with Crippen LogP contribution in [0.15, 0.2) is 59.0 Å². The molecule has 0 aliphatic carbocycles. The van der Waals surface area contributed by atoms with Crippen LogP contribution in [-0.4, -0.2) is 38.7 Å². The van der Waals surface area contributed by atoms with Gasteiger partial charge in [0, 0.05) is 12.7 Å². The molecule has 134 valence electrons. The summed E-state index contributed by atoms with van der Waals surface area (Å²) in [6.45, 7) is -0.0227. The van der Waals surface area contributed by atoms with Crippen molar-refractivity contribution in [1.29, 1.82) is 0 Å². The molecule has 0 saturated heterocycles. The van der Waals surface area contributed by atoms with Crippen molar-refractivity contribution in [3.63, 3.8) is 0 Å². The van der Waals surface area contributed by atoms with Crippen LogP contribution < -0.4 is 4.74 Å². The fourth-order valence-electron chi connectivity index (χ4n) is 2.58. The Morgan fingerprint density at radius 2 is 1.69 bits per heavy atom. The average molecular weight is 354 g/mol. The van der Waals surface area contributed by atoms with Crippen LogP contribution in [0.1, 0.15) is 16.1 Å². The van der Waals surface area contributed by atoms with Crippen molar-refractivity contribution in [2.75, 3.05) is 20.8 Å². The lowest BCUT2D eigenvalue weighted by Crippen LogP contribution is -2.33. The lowest BCUT2D eigenvalue weighted by molar-refractivity contribution is -0.151. The molecule has 6 nitrogen and oxygen atoms in total. The number of rotatable bonds is 7. The van der Waals surface area contributed by atoms with E-state index in [9.17, 15) is 9.59 Å². The topological polar surface area (TPSA) is 75.0 Å². The molecule has 0 N–H and O–H groups in total. The van der Waals surface area contributed by atoms with E-state index in [0.717, 1.165) is 0 Å². The zero-order valence-electron chi connectivity index (χ0n) is 14.4. The van der Waals surface area contributed by atoms with Gasteiger partial charge in [-0.15, -0.1) is 0 Å². The fraction of sp³-hybridized carbons (Fsp3) is 0.200. The molecule has 26 heavy (non-hydrogen) atoms. The van der Waals surface area contributed by atoms with Crippen LogP contribution in [0.2, 0.25) is 0 Å². The molecular formula is C20H18O6. The Hall–Kier alpha value is -3.12. The number of ketones is 1. The Labute approximate surface area is 150 Å². The van der Waals surface area contributed by atoms with Gasteiger partial charge in [-0.2, -0.15) is 0 Å². The van der Waals surface area contributed by atoms with Gasteiger partial charge in [0.15, 0.2) is 5.75 Å². The molecule has 0 aliphatic heterocycles. The molecule has 0 fully saturated rings. The van der Waals surface area contributed by atoms with Gasteiger partial charge in [-0.25, -0.2) is 4.79 Å². The van der Waals surface area contributed by atoms with Crippen LogP contribution in [0.3, 0.4) is 0 Å². The number of fused-ring (bicyclic) bond motifs is 1. The summed E-state index contributed by atoms with van der Waals surface area (Å²) in [6.07, 6.45) is -1.02. The molecule has 1 heterocycles. The van der Waals surface area contributed by atoms with E-state index < -0.39 is 12.1 Å². The number of methoxy groups -OCH3 is 2. The van der Waals surface area contributed by atoms with E-state index in [2.05, 4.69) is 0 Å². The zero-order valence-corrected chi connectivity index (χ0v) is 14.4. The van der Waals surface area contributed by atoms with Gasteiger partial charge in [0.05, 0.1) is 19.1 Å². The largest absolute Gasteiger partial charge is 0.471 e. The number of ether oxygens (including phenoxy) is 3. The molecule has 1 aromatic heterocycles. The smallest absolute Gasteiger partial charge is 0.349 e. The molecule has 3 aromatic rings. The minimum Gasteiger partial charge on any atom is -0.471 e. The second-order valence-corrected chi connectivity index (χ2v) is 5.54. The maximum atomic E-state index is 12.9. The number of benzene rings is 2. The molecule has 6 heteroatoms. The average Bonchev–Trinajstić information content (AvgIpc) is 3.05. The van der Waals surface area contributed by atoms with Crippen LogP contribution >= 0.6 is 0 Å². The predicted molar refractivity (Wildman–Crippen MR) is 94.4 cm³/mol. The summed E-state index contributed by atoms with van der Waals surface area (Å²) < 4.78 is 21.3. The SMILES string of the molecule is COCC(Oc1c(C(=O)c2ccccc2)oc2ccccc12)C(=O)OC. The van der Waals surface area contributed by atoms with Crippen molar-refractivity contribution in [3.8, 4) is 5.75 Å². The highest BCUT2D eigenvalue weighted by atomic mass is 16.6. The number of esters is 1. The molecule has 2 aromatic carbocycles. The van der Waals surface area contributed by atoms with Crippen molar-refractivity contribution >= 4 is 22.7 Å². The summed E-state index contributed by atoms with van der Waals surface area (Å²) in [4.78, 5) is 24.9. The molecule has 3 rings (SSSR count). The molecule has 0 aliphatic rings. The molecule has 0 spiro atoms. The van der Waals surface area contributed by atoms with E-state index in [1.54, 1.807) is 48.5 Å². The maximum absolute atomic E-state index is 12.9. The van der Waals surface area contributed by atoms with Gasteiger partial charge in [-0.3, -0.25) is 4.79 Å². The van der Waals surface area contributed by atoms with Gasteiger partial charge >= 0.3 is 5.97 Å². The van der Waals surface area contributed by atoms with Crippen LogP contribution in [-0.2, 0) is 14.3 Å². The number of carbonyl (C=O) groups is 2. The minimum atomic E-state index is -1.02. The van der Waals surface area contributed by atoms with Gasteiger partial charge in [0.2, 0.25) is 17.6 Å². The first kappa shape index (κ1) is 17.7. The first-order chi connectivity index (χ1) is 12.7. The number of para-hydroxylation sites is 1. The summed E-state index contributed by atoms with van der Waals surface area (Å²) >= 11 is 0. The highest BCUT2D eigenvalue weighted by Gasteiger charge is 2.29. The number of carbonyl (C=O) groups excluding carboxylic acids is 2. The summed E-state index contributed by atoms with van der Waals surface area (Å²) in [5.74, 6) is -0.711. The van der Waals surface area contributed by atoms with Gasteiger partial charge in [-0.05, 0) is 12.1 Å². The summed E-state index contributed by atoms with van der Waals surface area (Å²) in [7, 11) is 2.71. The van der Waals surface area contributed by atoms with Crippen molar-refractivity contribution in [1.82, 2.24) is 0 Å². The van der Waals surface area contributed by atoms with Gasteiger partial charge in [0.25, 0.3) is 0 Å². The number of hydrogen-bond acceptors (Lipinski definition) is 6. The molecule has 0 saturated carbocycles. The minimum absolute atomic E-state index is 0.0227. The van der Waals surface area contributed by atoms with Crippen molar-refractivity contribution in [3.05, 3.63) is 65.9 Å². The molecule has 0 radical (unpaired) electrons. The van der Waals surface area contributed by atoms with E-state index >= 15 is 0 Å². The molecule has 1 unspecified atom stereocenters. The Bertz CT molecular complexity index is 912. The third-order valence-electron chi connectivity index (χ3n) is 3.83. The molecule has 0 amide bonds. The lowest BCUT2D eigenvalue weighted by Gasteiger charge is -2.16. The van der Waals surface area contributed by atoms with E-state index in [0.29, 0.717) is 16.5 Å². The monoisotopic (exact) mass is 354 g/mol. The quantitative estimate of drug-likeness (QED) is 0.479. The summed E-state index contributed by atoms with van der Waals surface area (Å²) in [6, 6.07) is 15.8. The van der Waals surface area contributed by atoms with Crippen molar-refractivity contribution in [2.24, 2.45) is 0 Å². The van der Waals surface area contributed by atoms with Gasteiger partial charge < -0.3 is 18.6 Å². The lowest BCUT2D eigenvalue weighted by atomic mass is 10.1. The van der Waals surface area contributed by atoms with Crippen LogP contribution in [0, 0.1) is 0 Å². The normalized spacial score (nSPS) is 11.9. The van der Waals surface area contributed by atoms with E-state index in [1.165, 1.54) is 14.2 Å². The second-order valence-electron chi connectivity index (χ2n) is 5.54. The van der Waals surface area contributed by atoms with E-state index in [-0.39, 0.29) is 23.9 Å². The third-order valence-corrected chi connectivity index (χ3v) is 3.83. The second kappa shape index (κ2) is 7.84. The van der Waals surface area contributed by atoms with E-state index in [1.807, 2.05) is 6.07 Å². The first-order valence-corrected chi connectivity index (χ1v) is 8.00. The maximum Gasteiger partial charge on any atom is 0.349 e. The Morgan fingerprint density at radius 3 is 2.38 bits per heavy atom. The van der Waals surface area contributed by atoms with Crippen LogP contribution in [0.5, 0.6) is 5.75 Å². The fourth-order valence-corrected chi connectivity index (χ4v) is 2.58. The first-order valence-electron chi connectivity index (χ1n) is 8.00. The zero-order chi connectivity index (χ0) is 18.5. The Morgan fingerprint density at radius 1 is 1.00 bits per heavy atom. The Kier molecular flexibility index (Phi) is 5.34. The predicted octanol–water partition coefficient (Wildman–Crippen LogP) is 3.23. The third kappa shape index (κ3) is 3.45. The van der Waals surface area contributed by atoms with Gasteiger partial charge in [0.1, 0.15) is 5.58 Å². The molecule has 0 bridgehead atoms. The highest BCUT2D eigenvalue weighted by Crippen LogP contribution is 2.35. The van der Waals surface area contributed by atoms with Gasteiger partial charge in [-0.1, -0.05) is 42.5 Å². The van der Waals surface area contributed by atoms with Crippen molar-refractivity contribution in [2.45, 2.75) is 6.10 Å². The number of furan rings is 1. The molecular weight excluding hydrogens is 336 g/mol. The standard InChI is InChI=1S/C20H18O6/c1-23-12-16(20(22)24-2)26-18-14-10-6-7-11-15(14)25-19(18)17(21)13-8-4-3-5-9-13/h3-11,16H,12H2,1-2H3.